The molecule has 0 unspecified atom stereocenters. The molecule has 266 valence electrons. The van der Waals surface area contributed by atoms with E-state index in [1.807, 2.05) is 24.5 Å². The van der Waals surface area contributed by atoms with Gasteiger partial charge in [0, 0.05) is 28.6 Å². The van der Waals surface area contributed by atoms with Crippen molar-refractivity contribution in [2.24, 2.45) is 0 Å². The van der Waals surface area contributed by atoms with Gasteiger partial charge in [-0.15, -0.1) is 0 Å². The lowest BCUT2D eigenvalue weighted by Crippen LogP contribution is -2.15. The summed E-state index contributed by atoms with van der Waals surface area (Å²) in [4.78, 5) is 9.54. The molecule has 0 N–H and O–H groups in total. The van der Waals surface area contributed by atoms with E-state index in [2.05, 4.69) is 172 Å². The Labute approximate surface area is 330 Å². The van der Waals surface area contributed by atoms with E-state index in [1.165, 1.54) is 98.7 Å². The lowest BCUT2D eigenvalue weighted by atomic mass is 9.79. The Morgan fingerprint density at radius 1 is 0.333 bits per heavy atom. The fourth-order valence-electron chi connectivity index (χ4n) is 9.90. The molecule has 2 heterocycles. The third-order valence-electron chi connectivity index (χ3n) is 12.7. The summed E-state index contributed by atoms with van der Waals surface area (Å²) in [5.41, 5.74) is 14.4. The topological polar surface area (TPSA) is 25.8 Å². The number of pyridine rings is 2. The Morgan fingerprint density at radius 2 is 0.860 bits per heavy atom. The second-order valence-electron chi connectivity index (χ2n) is 16.1. The van der Waals surface area contributed by atoms with Crippen molar-refractivity contribution in [1.29, 1.82) is 0 Å². The van der Waals surface area contributed by atoms with Crippen LogP contribution < -0.4 is 0 Å². The van der Waals surface area contributed by atoms with Gasteiger partial charge in [0.25, 0.3) is 0 Å². The van der Waals surface area contributed by atoms with Gasteiger partial charge in [0.05, 0.1) is 11.0 Å². The van der Waals surface area contributed by atoms with E-state index >= 15 is 0 Å². The molecule has 0 saturated heterocycles. The predicted octanol–water partition coefficient (Wildman–Crippen LogP) is 14.7. The average molecular weight is 725 g/mol. The van der Waals surface area contributed by atoms with Crippen LogP contribution in [0.3, 0.4) is 0 Å². The molecule has 11 aromatic rings. The van der Waals surface area contributed by atoms with Gasteiger partial charge >= 0.3 is 0 Å². The maximum absolute atomic E-state index is 4.82. The Hall–Kier alpha value is -7.16. The highest BCUT2D eigenvalue weighted by Gasteiger charge is 2.37. The fraction of sp³-hybridized carbons (Fsp3) is 0.0545. The summed E-state index contributed by atoms with van der Waals surface area (Å²) in [5, 5.41) is 12.3. The quantitative estimate of drug-likeness (QED) is 0.134. The summed E-state index contributed by atoms with van der Waals surface area (Å²) >= 11 is 0. The van der Waals surface area contributed by atoms with Crippen LogP contribution in [0.25, 0.3) is 109 Å². The van der Waals surface area contributed by atoms with E-state index in [1.54, 1.807) is 0 Å². The normalized spacial score (nSPS) is 13.2. The minimum Gasteiger partial charge on any atom is -0.254 e. The molecule has 0 radical (unpaired) electrons. The van der Waals surface area contributed by atoms with E-state index in [-0.39, 0.29) is 5.41 Å². The highest BCUT2D eigenvalue weighted by molar-refractivity contribution is 6.23. The van der Waals surface area contributed by atoms with E-state index in [0.717, 1.165) is 21.8 Å². The summed E-state index contributed by atoms with van der Waals surface area (Å²) in [6.45, 7) is 4.80. The van der Waals surface area contributed by atoms with Crippen molar-refractivity contribution < 1.29 is 0 Å². The Kier molecular flexibility index (Phi) is 6.72. The summed E-state index contributed by atoms with van der Waals surface area (Å²) in [6, 6.07) is 63.2. The van der Waals surface area contributed by atoms with Crippen molar-refractivity contribution in [1.82, 2.24) is 9.97 Å². The Morgan fingerprint density at radius 3 is 1.54 bits per heavy atom. The molecule has 2 heteroatoms. The lowest BCUT2D eigenvalue weighted by Gasteiger charge is -2.24. The number of hydrogen-bond donors (Lipinski definition) is 0. The number of rotatable bonds is 3. The first-order valence-corrected chi connectivity index (χ1v) is 19.8. The van der Waals surface area contributed by atoms with Crippen LogP contribution in [-0.2, 0) is 5.41 Å². The molecule has 0 aliphatic heterocycles. The molecule has 0 spiro atoms. The molecule has 9 aromatic carbocycles. The standard InChI is InChI=1S/C55H36N2/c1-55(2)49-30-37(45-29-40-15-9-25-56-53(40)54-44(45)18-10-26-57-54)23-24-41(49)46-31-47-48(32-50(46)55)52(39-22-20-34-12-4-6-14-36(34)28-39)43-17-8-7-16-42(43)51(47)38-21-19-33-11-3-5-13-35(33)27-38/h3-32H,1-2H3. The van der Waals surface area contributed by atoms with Gasteiger partial charge in [-0.05, 0) is 147 Å². The van der Waals surface area contributed by atoms with Gasteiger partial charge in [-0.2, -0.15) is 0 Å². The maximum atomic E-state index is 4.82. The summed E-state index contributed by atoms with van der Waals surface area (Å²) in [5.74, 6) is 0. The molecule has 1 aliphatic rings. The molecular weight excluding hydrogens is 689 g/mol. The first-order valence-electron chi connectivity index (χ1n) is 19.8. The van der Waals surface area contributed by atoms with Crippen molar-refractivity contribution in [3.63, 3.8) is 0 Å². The maximum Gasteiger partial charge on any atom is 0.0970 e. The van der Waals surface area contributed by atoms with E-state index in [0.29, 0.717) is 0 Å². The van der Waals surface area contributed by atoms with E-state index in [4.69, 9.17) is 9.97 Å². The Bertz CT molecular complexity index is 3500. The largest absolute Gasteiger partial charge is 0.254 e. The molecule has 0 fully saturated rings. The van der Waals surface area contributed by atoms with Crippen molar-refractivity contribution >= 4 is 64.9 Å². The lowest BCUT2D eigenvalue weighted by molar-refractivity contribution is 0.661. The van der Waals surface area contributed by atoms with Crippen LogP contribution in [0.15, 0.2) is 182 Å². The second-order valence-corrected chi connectivity index (χ2v) is 16.1. The average Bonchev–Trinajstić information content (AvgIpc) is 3.48. The van der Waals surface area contributed by atoms with Gasteiger partial charge in [-0.3, -0.25) is 9.97 Å². The van der Waals surface area contributed by atoms with Crippen LogP contribution in [-0.4, -0.2) is 9.97 Å². The SMILES string of the molecule is CC1(C)c2cc(-c3cc4cccnc4c4ncccc34)ccc2-c2cc3c(-c4ccc5ccccc5c4)c4ccccc4c(-c4ccc5ccccc5c4)c3cc21. The molecular formula is C55H36N2. The minimum absolute atomic E-state index is 0.239. The first kappa shape index (κ1) is 32.1. The summed E-state index contributed by atoms with van der Waals surface area (Å²) < 4.78 is 0. The third kappa shape index (κ3) is 4.71. The van der Waals surface area contributed by atoms with Crippen LogP contribution in [0.5, 0.6) is 0 Å². The summed E-state index contributed by atoms with van der Waals surface area (Å²) in [7, 11) is 0. The first-order chi connectivity index (χ1) is 28.0. The van der Waals surface area contributed by atoms with Crippen molar-refractivity contribution in [2.75, 3.05) is 0 Å². The number of nitrogens with zero attached hydrogens (tertiary/aromatic N) is 2. The molecule has 0 atom stereocenters. The van der Waals surface area contributed by atoms with Crippen LogP contribution in [0.4, 0.5) is 0 Å². The monoisotopic (exact) mass is 724 g/mol. The van der Waals surface area contributed by atoms with Crippen molar-refractivity contribution in [3.8, 4) is 44.5 Å². The van der Waals surface area contributed by atoms with Gasteiger partial charge in [0.1, 0.15) is 0 Å². The molecule has 0 amide bonds. The number of aromatic nitrogens is 2. The molecule has 2 aromatic heterocycles. The number of hydrogen-bond acceptors (Lipinski definition) is 2. The molecule has 57 heavy (non-hydrogen) atoms. The zero-order valence-electron chi connectivity index (χ0n) is 31.7. The zero-order chi connectivity index (χ0) is 37.8. The molecule has 2 nitrogen and oxygen atoms in total. The smallest absolute Gasteiger partial charge is 0.0970 e. The number of benzene rings is 9. The Balaban J connectivity index is 1.15. The van der Waals surface area contributed by atoms with E-state index < -0.39 is 0 Å². The highest BCUT2D eigenvalue weighted by atomic mass is 14.7. The molecule has 12 rings (SSSR count). The van der Waals surface area contributed by atoms with Crippen molar-refractivity contribution in [3.05, 3.63) is 193 Å². The van der Waals surface area contributed by atoms with Crippen LogP contribution in [0.1, 0.15) is 25.0 Å². The van der Waals surface area contributed by atoms with Crippen LogP contribution in [0.2, 0.25) is 0 Å². The molecule has 0 bridgehead atoms. The zero-order valence-corrected chi connectivity index (χ0v) is 31.7. The van der Waals surface area contributed by atoms with Gasteiger partial charge in [-0.25, -0.2) is 0 Å². The van der Waals surface area contributed by atoms with E-state index in [9.17, 15) is 0 Å². The third-order valence-corrected chi connectivity index (χ3v) is 12.7. The van der Waals surface area contributed by atoms with Crippen molar-refractivity contribution in [2.45, 2.75) is 19.3 Å². The highest BCUT2D eigenvalue weighted by Crippen LogP contribution is 2.54. The second kappa shape index (κ2) is 11.9. The predicted molar refractivity (Wildman–Crippen MR) is 241 cm³/mol. The number of fused-ring (bicyclic) bond motifs is 10. The van der Waals surface area contributed by atoms with Gasteiger partial charge in [0.2, 0.25) is 0 Å². The van der Waals surface area contributed by atoms with Crippen LogP contribution in [0, 0.1) is 0 Å². The molecule has 0 saturated carbocycles. The fourth-order valence-corrected chi connectivity index (χ4v) is 9.90. The van der Waals surface area contributed by atoms with Gasteiger partial charge < -0.3 is 0 Å². The summed E-state index contributed by atoms with van der Waals surface area (Å²) in [6.07, 6.45) is 3.73. The minimum atomic E-state index is -0.239. The van der Waals surface area contributed by atoms with Crippen LogP contribution >= 0.6 is 0 Å². The van der Waals surface area contributed by atoms with Gasteiger partial charge in [-0.1, -0.05) is 135 Å². The van der Waals surface area contributed by atoms with Gasteiger partial charge in [0.15, 0.2) is 0 Å². The molecule has 1 aliphatic carbocycles.